The van der Waals surface area contributed by atoms with Crippen molar-refractivity contribution in [1.29, 1.82) is 0 Å². The van der Waals surface area contributed by atoms with Gasteiger partial charge >= 0.3 is 0 Å². The molecule has 1 N–H and O–H groups in total. The number of aliphatic hydroxyl groups excluding tert-OH is 1. The van der Waals surface area contributed by atoms with Crippen LogP contribution in [0.2, 0.25) is 0 Å². The van der Waals surface area contributed by atoms with Gasteiger partial charge in [-0.2, -0.15) is 4.98 Å². The van der Waals surface area contributed by atoms with Gasteiger partial charge in [0.15, 0.2) is 6.61 Å². The van der Waals surface area contributed by atoms with Gasteiger partial charge in [-0.3, -0.25) is 4.98 Å². The minimum absolute atomic E-state index is 0.0805. The fourth-order valence-electron chi connectivity index (χ4n) is 1.30. The summed E-state index contributed by atoms with van der Waals surface area (Å²) in [6.07, 6.45) is 1.55. The molecule has 96 valence electrons. The second kappa shape index (κ2) is 5.59. The van der Waals surface area contributed by atoms with Crippen molar-refractivity contribution in [2.75, 3.05) is 0 Å². The van der Waals surface area contributed by atoms with E-state index in [1.54, 1.807) is 18.3 Å². The zero-order valence-electron chi connectivity index (χ0n) is 10.3. The molecule has 18 heavy (non-hydrogen) atoms. The Morgan fingerprint density at radius 1 is 1.39 bits per heavy atom. The number of aliphatic hydroxyl groups is 1. The van der Waals surface area contributed by atoms with Crippen molar-refractivity contribution in [3.63, 3.8) is 0 Å². The molecule has 0 fully saturated rings. The van der Waals surface area contributed by atoms with Crippen molar-refractivity contribution >= 4 is 0 Å². The van der Waals surface area contributed by atoms with E-state index in [0.29, 0.717) is 23.2 Å². The van der Waals surface area contributed by atoms with Gasteiger partial charge in [0, 0.05) is 5.92 Å². The van der Waals surface area contributed by atoms with Crippen LogP contribution in [0.5, 0.6) is 5.75 Å². The number of hydrogen-bond acceptors (Lipinski definition) is 6. The van der Waals surface area contributed by atoms with Crippen LogP contribution in [-0.2, 0) is 13.2 Å². The summed E-state index contributed by atoms with van der Waals surface area (Å²) in [6, 6.07) is 3.44. The SMILES string of the molecule is CC(C)c1nc(COc2ccc(CO)nc2)no1. The first-order valence-corrected chi connectivity index (χ1v) is 5.70. The van der Waals surface area contributed by atoms with Crippen molar-refractivity contribution in [3.8, 4) is 5.75 Å². The molecule has 0 aliphatic rings. The van der Waals surface area contributed by atoms with Crippen molar-refractivity contribution in [2.45, 2.75) is 33.0 Å². The van der Waals surface area contributed by atoms with Gasteiger partial charge in [0.05, 0.1) is 18.5 Å². The molecule has 0 aromatic carbocycles. The summed E-state index contributed by atoms with van der Waals surface area (Å²) in [5.41, 5.74) is 0.601. The van der Waals surface area contributed by atoms with Gasteiger partial charge in [0.25, 0.3) is 0 Å². The Hall–Kier alpha value is -1.95. The highest BCUT2D eigenvalue weighted by Crippen LogP contribution is 2.13. The number of pyridine rings is 1. The summed E-state index contributed by atoms with van der Waals surface area (Å²) in [4.78, 5) is 8.20. The third kappa shape index (κ3) is 3.04. The van der Waals surface area contributed by atoms with Gasteiger partial charge < -0.3 is 14.4 Å². The maximum Gasteiger partial charge on any atom is 0.229 e. The lowest BCUT2D eigenvalue weighted by Gasteiger charge is -2.02. The fraction of sp³-hybridized carbons (Fsp3) is 0.417. The van der Waals surface area contributed by atoms with Crippen molar-refractivity contribution < 1.29 is 14.4 Å². The van der Waals surface area contributed by atoms with E-state index in [2.05, 4.69) is 15.1 Å². The monoisotopic (exact) mass is 249 g/mol. The predicted octanol–water partition coefficient (Wildman–Crippen LogP) is 1.66. The number of hydrogen-bond donors (Lipinski definition) is 1. The van der Waals surface area contributed by atoms with Gasteiger partial charge in [-0.25, -0.2) is 0 Å². The molecule has 2 heterocycles. The number of ether oxygens (including phenoxy) is 1. The van der Waals surface area contributed by atoms with Crippen molar-refractivity contribution in [2.24, 2.45) is 0 Å². The van der Waals surface area contributed by atoms with Gasteiger partial charge in [0.1, 0.15) is 5.75 Å². The van der Waals surface area contributed by atoms with Gasteiger partial charge in [0.2, 0.25) is 11.7 Å². The van der Waals surface area contributed by atoms with E-state index in [4.69, 9.17) is 14.4 Å². The van der Waals surface area contributed by atoms with E-state index in [0.717, 1.165) is 0 Å². The molecule has 0 aliphatic heterocycles. The summed E-state index contributed by atoms with van der Waals surface area (Å²) in [5, 5.41) is 12.7. The van der Waals surface area contributed by atoms with Crippen molar-refractivity contribution in [3.05, 3.63) is 35.7 Å². The average molecular weight is 249 g/mol. The summed E-state index contributed by atoms with van der Waals surface area (Å²) < 4.78 is 10.5. The molecule has 2 rings (SSSR count). The van der Waals surface area contributed by atoms with Crippen LogP contribution in [0.25, 0.3) is 0 Å². The highest BCUT2D eigenvalue weighted by molar-refractivity contribution is 5.19. The molecular formula is C12H15N3O3. The topological polar surface area (TPSA) is 81.3 Å². The molecule has 0 amide bonds. The quantitative estimate of drug-likeness (QED) is 0.867. The van der Waals surface area contributed by atoms with Crippen LogP contribution < -0.4 is 4.74 Å². The summed E-state index contributed by atoms with van der Waals surface area (Å²) >= 11 is 0. The van der Waals surface area contributed by atoms with Crippen LogP contribution in [0.1, 0.15) is 37.2 Å². The minimum atomic E-state index is -0.0805. The number of aromatic nitrogens is 3. The Morgan fingerprint density at radius 2 is 2.22 bits per heavy atom. The first-order chi connectivity index (χ1) is 8.69. The van der Waals surface area contributed by atoms with E-state index in [-0.39, 0.29) is 19.1 Å². The van der Waals surface area contributed by atoms with E-state index in [9.17, 15) is 0 Å². The Kier molecular flexibility index (Phi) is 3.88. The Labute approximate surface area is 105 Å². The lowest BCUT2D eigenvalue weighted by molar-refractivity contribution is 0.272. The molecule has 0 bridgehead atoms. The van der Waals surface area contributed by atoms with Gasteiger partial charge in [-0.05, 0) is 12.1 Å². The second-order valence-corrected chi connectivity index (χ2v) is 4.14. The molecule has 2 aromatic rings. The zero-order valence-corrected chi connectivity index (χ0v) is 10.3. The Balaban J connectivity index is 1.93. The molecule has 0 unspecified atom stereocenters. The molecule has 0 radical (unpaired) electrons. The first-order valence-electron chi connectivity index (χ1n) is 5.70. The van der Waals surface area contributed by atoms with E-state index < -0.39 is 0 Å². The van der Waals surface area contributed by atoms with Gasteiger partial charge in [-0.15, -0.1) is 0 Å². The maximum absolute atomic E-state index is 8.86. The van der Waals surface area contributed by atoms with E-state index in [1.165, 1.54) is 0 Å². The van der Waals surface area contributed by atoms with Crippen LogP contribution in [0.4, 0.5) is 0 Å². The highest BCUT2D eigenvalue weighted by atomic mass is 16.5. The molecule has 0 aliphatic carbocycles. The summed E-state index contributed by atoms with van der Waals surface area (Å²) in [7, 11) is 0. The molecule has 0 saturated carbocycles. The molecule has 6 heteroatoms. The molecular weight excluding hydrogens is 234 g/mol. The smallest absolute Gasteiger partial charge is 0.229 e. The molecule has 0 saturated heterocycles. The van der Waals surface area contributed by atoms with Gasteiger partial charge in [-0.1, -0.05) is 19.0 Å². The van der Waals surface area contributed by atoms with Crippen LogP contribution in [-0.4, -0.2) is 20.2 Å². The Bertz CT molecular complexity index is 494. The Morgan fingerprint density at radius 3 is 2.78 bits per heavy atom. The van der Waals surface area contributed by atoms with Crippen LogP contribution in [0.3, 0.4) is 0 Å². The van der Waals surface area contributed by atoms with Crippen LogP contribution in [0.15, 0.2) is 22.9 Å². The summed E-state index contributed by atoms with van der Waals surface area (Å²) in [6.45, 7) is 4.12. The third-order valence-corrected chi connectivity index (χ3v) is 2.31. The lowest BCUT2D eigenvalue weighted by atomic mass is 10.2. The largest absolute Gasteiger partial charge is 0.484 e. The highest BCUT2D eigenvalue weighted by Gasteiger charge is 2.10. The second-order valence-electron chi connectivity index (χ2n) is 4.14. The lowest BCUT2D eigenvalue weighted by Crippen LogP contribution is -1.99. The minimum Gasteiger partial charge on any atom is -0.484 e. The van der Waals surface area contributed by atoms with E-state index in [1.807, 2.05) is 13.8 Å². The van der Waals surface area contributed by atoms with Crippen LogP contribution in [0, 0.1) is 0 Å². The van der Waals surface area contributed by atoms with E-state index >= 15 is 0 Å². The fourth-order valence-corrected chi connectivity index (χ4v) is 1.30. The molecule has 6 nitrogen and oxygen atoms in total. The third-order valence-electron chi connectivity index (χ3n) is 2.31. The number of rotatable bonds is 5. The average Bonchev–Trinajstić information content (AvgIpc) is 2.86. The standard InChI is InChI=1S/C12H15N3O3/c1-8(2)12-14-11(15-18-12)7-17-10-4-3-9(6-16)13-5-10/h3-5,8,16H,6-7H2,1-2H3. The summed E-state index contributed by atoms with van der Waals surface area (Å²) in [5.74, 6) is 1.91. The molecule has 0 atom stereocenters. The van der Waals surface area contributed by atoms with Crippen LogP contribution >= 0.6 is 0 Å². The predicted molar refractivity (Wildman–Crippen MR) is 62.9 cm³/mol. The normalized spacial score (nSPS) is 10.9. The van der Waals surface area contributed by atoms with Crippen molar-refractivity contribution in [1.82, 2.24) is 15.1 Å². The zero-order chi connectivity index (χ0) is 13.0. The maximum atomic E-state index is 8.86. The number of nitrogens with zero attached hydrogens (tertiary/aromatic N) is 3. The molecule has 2 aromatic heterocycles. The molecule has 0 spiro atoms. The first kappa shape index (κ1) is 12.5.